The molecule has 0 amide bonds. The number of halogens is 2. The van der Waals surface area contributed by atoms with E-state index in [1.165, 1.54) is 13.2 Å². The molecule has 4 aliphatic carbocycles. The third-order valence-electron chi connectivity index (χ3n) is 9.04. The quantitative estimate of drug-likeness (QED) is 0.286. The zero-order valence-electron chi connectivity index (χ0n) is 19.6. The van der Waals surface area contributed by atoms with Crippen LogP contribution >= 0.6 is 11.6 Å². The fourth-order valence-electron chi connectivity index (χ4n) is 7.59. The van der Waals surface area contributed by atoms with Gasteiger partial charge in [0.2, 0.25) is 5.78 Å². The summed E-state index contributed by atoms with van der Waals surface area (Å²) in [6.45, 7) is 6.93. The van der Waals surface area contributed by atoms with Crippen molar-refractivity contribution in [3.8, 4) is 0 Å². The maximum Gasteiger partial charge on any atom is 0.375 e. The standard InChI is InChI=1S/C25H32ClFO6/c1-12-8-15-16-10-18(27)17-9-14(33-21(30)13(2)28)6-7-24(17,4)25(16,26)19(29)11-23(15,3)20(12)22(31)32-5/h6-7,9,12,14-16,18-20,29H,8,10-11H2,1-5H3/t12-,14?,15+,16+,18+,19-,20+,23+,24+,25+/m1/s1. The molecule has 0 aromatic heterocycles. The Morgan fingerprint density at radius 1 is 1.21 bits per heavy atom. The van der Waals surface area contributed by atoms with Crippen LogP contribution in [0.4, 0.5) is 4.39 Å². The van der Waals surface area contributed by atoms with Crippen molar-refractivity contribution in [1.29, 1.82) is 0 Å². The van der Waals surface area contributed by atoms with Crippen LogP contribution in [0.1, 0.15) is 47.0 Å². The highest BCUT2D eigenvalue weighted by Gasteiger charge is 2.72. The summed E-state index contributed by atoms with van der Waals surface area (Å²) >= 11 is 7.36. The molecule has 3 fully saturated rings. The molecule has 0 radical (unpaired) electrons. The van der Waals surface area contributed by atoms with Crippen LogP contribution in [-0.4, -0.2) is 53.2 Å². The number of alkyl halides is 2. The molecule has 10 atom stereocenters. The molecule has 182 valence electrons. The molecule has 3 saturated carbocycles. The number of Topliss-reactive ketones (excluding diaryl/α,β-unsaturated/α-hetero) is 1. The topological polar surface area (TPSA) is 89.9 Å². The predicted octanol–water partition coefficient (Wildman–Crippen LogP) is 3.54. The van der Waals surface area contributed by atoms with Crippen molar-refractivity contribution in [3.05, 3.63) is 23.8 Å². The average molecular weight is 483 g/mol. The monoisotopic (exact) mass is 482 g/mol. The summed E-state index contributed by atoms with van der Waals surface area (Å²) in [6, 6.07) is 0. The molecular weight excluding hydrogens is 451 g/mol. The van der Waals surface area contributed by atoms with Crippen LogP contribution in [0.3, 0.4) is 0 Å². The predicted molar refractivity (Wildman–Crippen MR) is 119 cm³/mol. The van der Waals surface area contributed by atoms with Crippen LogP contribution in [0.15, 0.2) is 23.8 Å². The maximum absolute atomic E-state index is 15.8. The van der Waals surface area contributed by atoms with Gasteiger partial charge in [-0.1, -0.05) is 26.8 Å². The molecule has 0 bridgehead atoms. The molecule has 4 rings (SSSR count). The average Bonchev–Trinajstić information content (AvgIpc) is 3.00. The first kappa shape index (κ1) is 24.4. The Balaban J connectivity index is 1.73. The Bertz CT molecular complexity index is 947. The first-order valence-electron chi connectivity index (χ1n) is 11.5. The third-order valence-corrected chi connectivity index (χ3v) is 9.96. The number of allylic oxidation sites excluding steroid dienone is 2. The zero-order chi connectivity index (χ0) is 24.5. The minimum atomic E-state index is -1.36. The summed E-state index contributed by atoms with van der Waals surface area (Å²) in [5.74, 6) is -2.81. The highest BCUT2D eigenvalue weighted by Crippen LogP contribution is 2.70. The number of esters is 2. The van der Waals surface area contributed by atoms with Gasteiger partial charge in [0.25, 0.3) is 0 Å². The van der Waals surface area contributed by atoms with E-state index in [1.807, 2.05) is 20.8 Å². The Morgan fingerprint density at radius 2 is 1.88 bits per heavy atom. The van der Waals surface area contributed by atoms with Gasteiger partial charge in [0.05, 0.1) is 24.0 Å². The highest BCUT2D eigenvalue weighted by atomic mass is 35.5. The largest absolute Gasteiger partial charge is 0.469 e. The van der Waals surface area contributed by atoms with Crippen molar-refractivity contribution in [2.75, 3.05) is 7.11 Å². The van der Waals surface area contributed by atoms with E-state index >= 15 is 4.39 Å². The van der Waals surface area contributed by atoms with Crippen LogP contribution < -0.4 is 0 Å². The van der Waals surface area contributed by atoms with Gasteiger partial charge in [0, 0.05) is 12.3 Å². The van der Waals surface area contributed by atoms with Gasteiger partial charge < -0.3 is 14.6 Å². The summed E-state index contributed by atoms with van der Waals surface area (Å²) < 4.78 is 26.0. The van der Waals surface area contributed by atoms with E-state index in [-0.39, 0.29) is 36.1 Å². The lowest BCUT2D eigenvalue weighted by Crippen LogP contribution is -2.67. The minimum absolute atomic E-state index is 0.0266. The van der Waals surface area contributed by atoms with Gasteiger partial charge >= 0.3 is 11.9 Å². The Kier molecular flexibility index (Phi) is 5.85. The summed E-state index contributed by atoms with van der Waals surface area (Å²) in [7, 11) is 1.37. The Labute approximate surface area is 198 Å². The molecule has 0 aromatic rings. The van der Waals surface area contributed by atoms with E-state index in [9.17, 15) is 19.5 Å². The molecule has 4 aliphatic rings. The normalized spacial score (nSPS) is 48.1. The number of carbonyl (C=O) groups is 3. The van der Waals surface area contributed by atoms with Crippen molar-refractivity contribution < 1.29 is 33.4 Å². The summed E-state index contributed by atoms with van der Waals surface area (Å²) in [6.07, 6.45) is 2.70. The molecule has 6 nitrogen and oxygen atoms in total. The number of rotatable bonds is 3. The van der Waals surface area contributed by atoms with Gasteiger partial charge in [-0.2, -0.15) is 0 Å². The fraction of sp³-hybridized carbons (Fsp3) is 0.720. The van der Waals surface area contributed by atoms with E-state index in [0.29, 0.717) is 18.4 Å². The molecule has 0 aromatic carbocycles. The van der Waals surface area contributed by atoms with Gasteiger partial charge in [-0.05, 0) is 60.2 Å². The maximum atomic E-state index is 15.8. The smallest absolute Gasteiger partial charge is 0.375 e. The van der Waals surface area contributed by atoms with E-state index in [0.717, 1.165) is 6.92 Å². The van der Waals surface area contributed by atoms with E-state index in [2.05, 4.69) is 0 Å². The lowest BCUT2D eigenvalue weighted by Gasteiger charge is -2.63. The minimum Gasteiger partial charge on any atom is -0.469 e. The van der Waals surface area contributed by atoms with Crippen LogP contribution in [-0.2, 0) is 23.9 Å². The van der Waals surface area contributed by atoms with E-state index in [1.54, 1.807) is 12.2 Å². The first-order chi connectivity index (χ1) is 15.3. The van der Waals surface area contributed by atoms with Gasteiger partial charge in [-0.25, -0.2) is 9.18 Å². The summed E-state index contributed by atoms with van der Waals surface area (Å²) in [5, 5.41) is 11.5. The molecule has 0 saturated heterocycles. The van der Waals surface area contributed by atoms with Crippen molar-refractivity contribution in [1.82, 2.24) is 0 Å². The molecule has 1 N–H and O–H groups in total. The number of aliphatic hydroxyl groups excluding tert-OH is 1. The van der Waals surface area contributed by atoms with Crippen molar-refractivity contribution in [3.63, 3.8) is 0 Å². The van der Waals surface area contributed by atoms with Crippen LogP contribution in [0.5, 0.6) is 0 Å². The second-order valence-electron chi connectivity index (χ2n) is 10.7. The zero-order valence-corrected chi connectivity index (χ0v) is 20.4. The van der Waals surface area contributed by atoms with Gasteiger partial charge in [0.1, 0.15) is 12.3 Å². The number of hydrogen-bond donors (Lipinski definition) is 1. The number of methoxy groups -OCH3 is 1. The number of aliphatic hydroxyl groups is 1. The molecule has 33 heavy (non-hydrogen) atoms. The Hall–Kier alpha value is -1.73. The second kappa shape index (κ2) is 7.91. The first-order valence-corrected chi connectivity index (χ1v) is 11.9. The SMILES string of the molecule is COC(=O)[C@@H]1[C@H](C)C[C@H]2[C@@H]3C[C@H](F)C4=CC(OC(=O)C(C)=O)C=C[C@]4(C)[C@@]3(Cl)[C@H](O)C[C@]12C. The lowest BCUT2D eigenvalue weighted by atomic mass is 9.46. The highest BCUT2D eigenvalue weighted by molar-refractivity contribution is 6.32. The number of carbonyl (C=O) groups excluding carboxylic acids is 3. The summed E-state index contributed by atoms with van der Waals surface area (Å²) in [4.78, 5) is 34.5. The molecule has 8 heteroatoms. The van der Waals surface area contributed by atoms with Crippen LogP contribution in [0, 0.1) is 34.5 Å². The molecule has 0 heterocycles. The second-order valence-corrected chi connectivity index (χ2v) is 11.4. The van der Waals surface area contributed by atoms with Crippen molar-refractivity contribution in [2.45, 2.75) is 70.2 Å². The third kappa shape index (κ3) is 3.25. The summed E-state index contributed by atoms with van der Waals surface area (Å²) in [5.41, 5.74) is -1.22. The van der Waals surface area contributed by atoms with Crippen LogP contribution in [0.2, 0.25) is 0 Å². The Morgan fingerprint density at radius 3 is 2.48 bits per heavy atom. The molecule has 0 aliphatic heterocycles. The number of fused-ring (bicyclic) bond motifs is 5. The van der Waals surface area contributed by atoms with Crippen molar-refractivity contribution in [2.24, 2.45) is 34.5 Å². The lowest BCUT2D eigenvalue weighted by molar-refractivity contribution is -0.159. The molecule has 0 spiro atoms. The number of hydrogen-bond acceptors (Lipinski definition) is 6. The van der Waals surface area contributed by atoms with E-state index < -0.39 is 45.8 Å². The van der Waals surface area contributed by atoms with Gasteiger partial charge in [-0.3, -0.25) is 9.59 Å². The molecular formula is C25H32ClFO6. The van der Waals surface area contributed by atoms with E-state index in [4.69, 9.17) is 21.1 Å². The number of ether oxygens (including phenoxy) is 2. The fourth-order valence-corrected chi connectivity index (χ4v) is 8.08. The van der Waals surface area contributed by atoms with Gasteiger partial charge in [0.15, 0.2) is 0 Å². The van der Waals surface area contributed by atoms with Crippen LogP contribution in [0.25, 0.3) is 0 Å². The van der Waals surface area contributed by atoms with Gasteiger partial charge in [-0.15, -0.1) is 11.6 Å². The number of ketones is 1. The molecule has 1 unspecified atom stereocenters. The van der Waals surface area contributed by atoms with Crippen molar-refractivity contribution >= 4 is 29.3 Å².